The molecule has 3 rings (SSSR count). The third kappa shape index (κ3) is 3.19. The van der Waals surface area contributed by atoms with Crippen molar-refractivity contribution in [3.63, 3.8) is 0 Å². The number of aromatic nitrogens is 1. The van der Waals surface area contributed by atoms with Crippen LogP contribution in [0.25, 0.3) is 10.9 Å². The molecule has 0 spiro atoms. The summed E-state index contributed by atoms with van der Waals surface area (Å²) in [6.45, 7) is 4.22. The maximum atomic E-state index is 12.9. The minimum absolute atomic E-state index is 0.145. The van der Waals surface area contributed by atoms with Crippen LogP contribution in [0.15, 0.2) is 59.6 Å². The minimum Gasteiger partial charge on any atom is -0.492 e. The molecule has 0 aliphatic rings. The number of para-hydroxylation sites is 3. The van der Waals surface area contributed by atoms with Crippen molar-refractivity contribution in [2.75, 3.05) is 11.3 Å². The number of sulfonamides is 1. The van der Waals surface area contributed by atoms with Crippen LogP contribution in [0.4, 0.5) is 5.69 Å². The molecule has 0 aliphatic carbocycles. The molecule has 24 heavy (non-hydrogen) atoms. The highest BCUT2D eigenvalue weighted by atomic mass is 32.2. The van der Waals surface area contributed by atoms with Crippen molar-refractivity contribution < 1.29 is 13.2 Å². The molecule has 5 nitrogen and oxygen atoms in total. The molecule has 2 aromatic carbocycles. The summed E-state index contributed by atoms with van der Waals surface area (Å²) in [7, 11) is -3.79. The molecule has 0 aliphatic heterocycles. The fourth-order valence-electron chi connectivity index (χ4n) is 2.49. The predicted octanol–water partition coefficient (Wildman–Crippen LogP) is 3.74. The van der Waals surface area contributed by atoms with E-state index in [1.165, 1.54) is 0 Å². The lowest BCUT2D eigenvalue weighted by Crippen LogP contribution is -2.14. The number of rotatable bonds is 5. The molecule has 0 atom stereocenters. The van der Waals surface area contributed by atoms with Crippen molar-refractivity contribution in [1.82, 2.24) is 4.98 Å². The van der Waals surface area contributed by atoms with Gasteiger partial charge >= 0.3 is 0 Å². The molecule has 0 saturated heterocycles. The van der Waals surface area contributed by atoms with Gasteiger partial charge in [-0.15, -0.1) is 0 Å². The number of fused-ring (bicyclic) bond motifs is 1. The molecule has 0 bridgehead atoms. The van der Waals surface area contributed by atoms with Gasteiger partial charge < -0.3 is 4.74 Å². The van der Waals surface area contributed by atoms with Crippen LogP contribution in [0.1, 0.15) is 12.5 Å². The number of nitrogens with zero attached hydrogens (tertiary/aromatic N) is 1. The third-order valence-electron chi connectivity index (χ3n) is 3.53. The highest BCUT2D eigenvalue weighted by Gasteiger charge is 2.20. The molecule has 1 heterocycles. The number of anilines is 1. The van der Waals surface area contributed by atoms with Gasteiger partial charge in [-0.3, -0.25) is 9.71 Å². The first-order chi connectivity index (χ1) is 11.5. The summed E-state index contributed by atoms with van der Waals surface area (Å²) < 4.78 is 33.8. The van der Waals surface area contributed by atoms with Gasteiger partial charge in [-0.05, 0) is 43.7 Å². The van der Waals surface area contributed by atoms with Crippen molar-refractivity contribution in [2.45, 2.75) is 18.7 Å². The number of nitrogens with one attached hydrogen (secondary N) is 1. The third-order valence-corrected chi connectivity index (χ3v) is 4.93. The summed E-state index contributed by atoms with van der Waals surface area (Å²) in [5.74, 6) is 0.493. The summed E-state index contributed by atoms with van der Waals surface area (Å²) in [6, 6.07) is 14.0. The summed E-state index contributed by atoms with van der Waals surface area (Å²) >= 11 is 0. The van der Waals surface area contributed by atoms with Crippen LogP contribution in [0, 0.1) is 6.92 Å². The second kappa shape index (κ2) is 6.49. The van der Waals surface area contributed by atoms with Crippen molar-refractivity contribution in [1.29, 1.82) is 0 Å². The first-order valence-corrected chi connectivity index (χ1v) is 9.09. The Morgan fingerprint density at radius 3 is 2.71 bits per heavy atom. The summed E-state index contributed by atoms with van der Waals surface area (Å²) in [6.07, 6.45) is 1.66. The molecule has 3 aromatic rings. The zero-order chi connectivity index (χ0) is 17.2. The standard InChI is InChI=1S/C18H18N2O3S/c1-3-23-16-9-5-4-8-15(16)20-24(21,22)17-10-6-7-14-11-13(2)12-19-18(14)17/h4-12,20H,3H2,1-2H3. The van der Waals surface area contributed by atoms with Crippen molar-refractivity contribution in [3.05, 3.63) is 60.3 Å². The van der Waals surface area contributed by atoms with E-state index in [4.69, 9.17) is 4.74 Å². The van der Waals surface area contributed by atoms with Gasteiger partial charge in [0.2, 0.25) is 0 Å². The Bertz CT molecular complexity index is 984. The van der Waals surface area contributed by atoms with E-state index in [0.717, 1.165) is 10.9 Å². The predicted molar refractivity (Wildman–Crippen MR) is 94.9 cm³/mol. The molecule has 6 heteroatoms. The van der Waals surface area contributed by atoms with Gasteiger partial charge in [-0.2, -0.15) is 0 Å². The highest BCUT2D eigenvalue weighted by Crippen LogP contribution is 2.28. The molecule has 1 aromatic heterocycles. The van der Waals surface area contributed by atoms with Crippen LogP contribution in [-0.4, -0.2) is 20.0 Å². The summed E-state index contributed by atoms with van der Waals surface area (Å²) in [4.78, 5) is 4.44. The first kappa shape index (κ1) is 16.3. The van der Waals surface area contributed by atoms with Gasteiger partial charge in [0.25, 0.3) is 10.0 Å². The fraction of sp³-hybridized carbons (Fsp3) is 0.167. The van der Waals surface area contributed by atoms with E-state index in [2.05, 4.69) is 9.71 Å². The van der Waals surface area contributed by atoms with Crippen molar-refractivity contribution in [3.8, 4) is 5.75 Å². The molecular weight excluding hydrogens is 324 g/mol. The van der Waals surface area contributed by atoms with Gasteiger partial charge in [0.15, 0.2) is 0 Å². The van der Waals surface area contributed by atoms with E-state index in [1.54, 1.807) is 42.6 Å². The number of pyridine rings is 1. The zero-order valence-electron chi connectivity index (χ0n) is 13.5. The number of aryl methyl sites for hydroxylation is 1. The first-order valence-electron chi connectivity index (χ1n) is 7.61. The molecule has 0 saturated carbocycles. The molecule has 0 unspecified atom stereocenters. The Hall–Kier alpha value is -2.60. The molecule has 1 N–H and O–H groups in total. The Balaban J connectivity index is 2.06. The monoisotopic (exact) mass is 342 g/mol. The SMILES string of the molecule is CCOc1ccccc1NS(=O)(=O)c1cccc2cc(C)cnc12. The minimum atomic E-state index is -3.79. The van der Waals surface area contributed by atoms with E-state index in [-0.39, 0.29) is 4.90 Å². The normalized spacial score (nSPS) is 11.4. The molecule has 0 radical (unpaired) electrons. The van der Waals surface area contributed by atoms with Crippen LogP contribution < -0.4 is 9.46 Å². The van der Waals surface area contributed by atoms with Gasteiger partial charge in [-0.25, -0.2) is 8.42 Å². The molecule has 124 valence electrons. The van der Waals surface area contributed by atoms with E-state index >= 15 is 0 Å². The van der Waals surface area contributed by atoms with Crippen LogP contribution in [0.5, 0.6) is 5.75 Å². The van der Waals surface area contributed by atoms with Crippen molar-refractivity contribution in [2.24, 2.45) is 0 Å². The summed E-state index contributed by atoms with van der Waals surface area (Å²) in [5.41, 5.74) is 1.83. The van der Waals surface area contributed by atoms with E-state index < -0.39 is 10.0 Å². The van der Waals surface area contributed by atoms with Gasteiger partial charge in [0.05, 0.1) is 17.8 Å². The average Bonchev–Trinajstić information content (AvgIpc) is 2.56. The van der Waals surface area contributed by atoms with Crippen LogP contribution in [0.2, 0.25) is 0 Å². The smallest absolute Gasteiger partial charge is 0.264 e. The number of hydrogen-bond acceptors (Lipinski definition) is 4. The van der Waals surface area contributed by atoms with E-state index in [0.29, 0.717) is 23.6 Å². The molecule has 0 fully saturated rings. The molecule has 0 amide bonds. The van der Waals surface area contributed by atoms with E-state index in [1.807, 2.05) is 26.0 Å². The number of ether oxygens (including phenoxy) is 1. The molecular formula is C18H18N2O3S. The Kier molecular flexibility index (Phi) is 4.40. The second-order valence-corrected chi connectivity index (χ2v) is 7.03. The topological polar surface area (TPSA) is 68.3 Å². The lowest BCUT2D eigenvalue weighted by Gasteiger charge is -2.13. The van der Waals surface area contributed by atoms with Gasteiger partial charge in [0.1, 0.15) is 10.6 Å². The summed E-state index contributed by atoms with van der Waals surface area (Å²) in [5, 5.41) is 0.788. The van der Waals surface area contributed by atoms with Crippen molar-refractivity contribution >= 4 is 26.6 Å². The quantitative estimate of drug-likeness (QED) is 0.767. The van der Waals surface area contributed by atoms with Crippen LogP contribution in [0.3, 0.4) is 0 Å². The van der Waals surface area contributed by atoms with E-state index in [9.17, 15) is 8.42 Å². The second-order valence-electron chi connectivity index (χ2n) is 5.38. The Labute approximate surface area is 141 Å². The largest absolute Gasteiger partial charge is 0.492 e. The number of benzene rings is 2. The highest BCUT2D eigenvalue weighted by molar-refractivity contribution is 7.93. The van der Waals surface area contributed by atoms with Gasteiger partial charge in [0, 0.05) is 11.6 Å². The lowest BCUT2D eigenvalue weighted by atomic mass is 10.2. The Morgan fingerprint density at radius 1 is 1.12 bits per heavy atom. The maximum absolute atomic E-state index is 12.9. The zero-order valence-corrected chi connectivity index (χ0v) is 14.3. The lowest BCUT2D eigenvalue weighted by molar-refractivity contribution is 0.342. The van der Waals surface area contributed by atoms with Crippen LogP contribution in [-0.2, 0) is 10.0 Å². The Morgan fingerprint density at radius 2 is 1.92 bits per heavy atom. The average molecular weight is 342 g/mol. The van der Waals surface area contributed by atoms with Gasteiger partial charge in [-0.1, -0.05) is 24.3 Å². The number of hydrogen-bond donors (Lipinski definition) is 1. The van der Waals surface area contributed by atoms with Crippen LogP contribution >= 0.6 is 0 Å². The maximum Gasteiger partial charge on any atom is 0.264 e. The fourth-order valence-corrected chi connectivity index (χ4v) is 3.74.